The van der Waals surface area contributed by atoms with Crippen LogP contribution in [0.5, 0.6) is 0 Å². The van der Waals surface area contributed by atoms with E-state index in [-0.39, 0.29) is 30.1 Å². The highest BCUT2D eigenvalue weighted by Crippen LogP contribution is 2.11. The molecular weight excluding hydrogens is 421 g/mol. The molecule has 0 spiro atoms. The van der Waals surface area contributed by atoms with Crippen LogP contribution in [0, 0.1) is 0 Å². The Morgan fingerprint density at radius 1 is 1.17 bits per heavy atom. The Bertz CT molecular complexity index is 400. The number of aliphatic imine (C=N–C) groups is 1. The zero-order chi connectivity index (χ0) is 17.5. The second-order valence-corrected chi connectivity index (χ2v) is 6.72. The van der Waals surface area contributed by atoms with E-state index in [9.17, 15) is 4.79 Å². The number of ether oxygens (including phenoxy) is 1. The summed E-state index contributed by atoms with van der Waals surface area (Å²) in [5.74, 6) is 0.613. The summed E-state index contributed by atoms with van der Waals surface area (Å²) in [6.07, 6.45) is -0.221. The van der Waals surface area contributed by atoms with Gasteiger partial charge in [-0.05, 0) is 34.6 Å². The number of amides is 1. The summed E-state index contributed by atoms with van der Waals surface area (Å²) in [6, 6.07) is 0. The molecule has 1 amide bonds. The molecule has 0 bridgehead atoms. The first-order valence-corrected chi connectivity index (χ1v) is 8.52. The smallest absolute Gasteiger partial charge is 0.410 e. The maximum atomic E-state index is 12.0. The first-order valence-electron chi connectivity index (χ1n) is 8.52. The molecule has 0 radical (unpaired) electrons. The van der Waals surface area contributed by atoms with Gasteiger partial charge >= 0.3 is 6.09 Å². The first-order chi connectivity index (χ1) is 10.8. The summed E-state index contributed by atoms with van der Waals surface area (Å²) in [5.41, 5.74) is 5.52. The Balaban J connectivity index is 0.00000529. The number of carbonyl (C=O) groups is 1. The summed E-state index contributed by atoms with van der Waals surface area (Å²) < 4.78 is 5.40. The molecule has 8 heteroatoms. The van der Waals surface area contributed by atoms with Gasteiger partial charge in [-0.25, -0.2) is 4.79 Å². The van der Waals surface area contributed by atoms with Gasteiger partial charge in [-0.2, -0.15) is 0 Å². The Labute approximate surface area is 163 Å². The molecule has 0 saturated carbocycles. The van der Waals surface area contributed by atoms with Crippen molar-refractivity contribution in [3.8, 4) is 0 Å². The average Bonchev–Trinajstić information content (AvgIpc) is 2.47. The summed E-state index contributed by atoms with van der Waals surface area (Å²) in [5, 5.41) is 0. The number of nitrogens with zero attached hydrogens (tertiary/aromatic N) is 4. The van der Waals surface area contributed by atoms with E-state index in [1.54, 1.807) is 4.90 Å². The average molecular weight is 455 g/mol. The molecule has 1 aliphatic rings. The fraction of sp³-hybridized carbons (Fsp3) is 0.875. The van der Waals surface area contributed by atoms with Gasteiger partial charge in [-0.3, -0.25) is 9.89 Å². The van der Waals surface area contributed by atoms with E-state index in [1.807, 2.05) is 25.7 Å². The molecule has 7 nitrogen and oxygen atoms in total. The fourth-order valence-electron chi connectivity index (χ4n) is 2.43. The standard InChI is InChI=1S/C16H33N5O2.HI/c1-6-20(7-2)14(17)18-8-9-19-10-12-21(13-11-19)15(22)23-16(3,4)5;/h6-13H2,1-5H3,(H2,17,18);1H. The molecule has 1 rings (SSSR count). The summed E-state index contributed by atoms with van der Waals surface area (Å²) in [6.45, 7) is 16.2. The van der Waals surface area contributed by atoms with Crippen molar-refractivity contribution in [1.82, 2.24) is 14.7 Å². The highest BCUT2D eigenvalue weighted by molar-refractivity contribution is 14.0. The highest BCUT2D eigenvalue weighted by Gasteiger charge is 2.25. The predicted molar refractivity (Wildman–Crippen MR) is 109 cm³/mol. The van der Waals surface area contributed by atoms with E-state index in [1.165, 1.54) is 0 Å². The zero-order valence-corrected chi connectivity index (χ0v) is 18.1. The Hall–Kier alpha value is -0.770. The minimum Gasteiger partial charge on any atom is -0.444 e. The summed E-state index contributed by atoms with van der Waals surface area (Å²) in [7, 11) is 0. The van der Waals surface area contributed by atoms with Crippen molar-refractivity contribution in [3.63, 3.8) is 0 Å². The van der Waals surface area contributed by atoms with Crippen molar-refractivity contribution in [2.75, 3.05) is 52.4 Å². The SMILES string of the molecule is CCN(CC)C(N)=NCCN1CCN(C(=O)OC(C)(C)C)CC1.I. The van der Waals surface area contributed by atoms with Crippen molar-refractivity contribution < 1.29 is 9.53 Å². The molecule has 0 aromatic heterocycles. The lowest BCUT2D eigenvalue weighted by Crippen LogP contribution is -2.50. The van der Waals surface area contributed by atoms with Gasteiger partial charge in [0.2, 0.25) is 0 Å². The molecule has 1 saturated heterocycles. The number of hydrogen-bond donors (Lipinski definition) is 1. The van der Waals surface area contributed by atoms with Crippen LogP contribution in [-0.2, 0) is 4.74 Å². The Morgan fingerprint density at radius 3 is 2.17 bits per heavy atom. The molecule has 0 unspecified atom stereocenters. The molecule has 1 fully saturated rings. The molecule has 0 atom stereocenters. The molecule has 0 aromatic rings. The lowest BCUT2D eigenvalue weighted by Gasteiger charge is -2.35. The fourth-order valence-corrected chi connectivity index (χ4v) is 2.43. The third kappa shape index (κ3) is 8.36. The van der Waals surface area contributed by atoms with Crippen LogP contribution in [0.25, 0.3) is 0 Å². The van der Waals surface area contributed by atoms with Crippen molar-refractivity contribution in [3.05, 3.63) is 0 Å². The number of rotatable bonds is 5. The predicted octanol–water partition coefficient (Wildman–Crippen LogP) is 1.81. The van der Waals surface area contributed by atoms with E-state index in [4.69, 9.17) is 10.5 Å². The van der Waals surface area contributed by atoms with Gasteiger partial charge in [-0.1, -0.05) is 0 Å². The van der Waals surface area contributed by atoms with Crippen LogP contribution in [0.1, 0.15) is 34.6 Å². The van der Waals surface area contributed by atoms with Gasteiger partial charge in [0, 0.05) is 45.8 Å². The first kappa shape index (κ1) is 23.2. The molecule has 1 aliphatic heterocycles. The van der Waals surface area contributed by atoms with E-state index in [0.717, 1.165) is 32.7 Å². The molecule has 1 heterocycles. The normalized spacial score (nSPS) is 16.5. The maximum Gasteiger partial charge on any atom is 0.410 e. The van der Waals surface area contributed by atoms with Crippen LogP contribution in [0.2, 0.25) is 0 Å². The topological polar surface area (TPSA) is 74.4 Å². The molecule has 142 valence electrons. The zero-order valence-electron chi connectivity index (χ0n) is 15.7. The second kappa shape index (κ2) is 11.0. The molecule has 24 heavy (non-hydrogen) atoms. The number of nitrogens with two attached hydrogens (primary N) is 1. The molecule has 0 aliphatic carbocycles. The Morgan fingerprint density at radius 2 is 1.71 bits per heavy atom. The van der Waals surface area contributed by atoms with Crippen LogP contribution >= 0.6 is 24.0 Å². The van der Waals surface area contributed by atoms with Crippen LogP contribution < -0.4 is 5.73 Å². The number of carbonyl (C=O) groups excluding carboxylic acids is 1. The van der Waals surface area contributed by atoms with Gasteiger partial charge < -0.3 is 20.3 Å². The second-order valence-electron chi connectivity index (χ2n) is 6.72. The summed E-state index contributed by atoms with van der Waals surface area (Å²) >= 11 is 0. The monoisotopic (exact) mass is 455 g/mol. The minimum absolute atomic E-state index is 0. The molecular formula is C16H34IN5O2. The van der Waals surface area contributed by atoms with E-state index >= 15 is 0 Å². The number of guanidine groups is 1. The molecule has 0 aromatic carbocycles. The Kier molecular flexibility index (Phi) is 10.6. The maximum absolute atomic E-state index is 12.0. The van der Waals surface area contributed by atoms with Gasteiger partial charge in [0.1, 0.15) is 5.60 Å². The van der Waals surface area contributed by atoms with Crippen LogP contribution in [0.3, 0.4) is 0 Å². The van der Waals surface area contributed by atoms with Crippen LogP contribution in [0.4, 0.5) is 4.79 Å². The summed E-state index contributed by atoms with van der Waals surface area (Å²) in [4.78, 5) is 22.6. The third-order valence-corrected chi connectivity index (χ3v) is 3.80. The largest absolute Gasteiger partial charge is 0.444 e. The third-order valence-electron chi connectivity index (χ3n) is 3.80. The lowest BCUT2D eigenvalue weighted by molar-refractivity contribution is 0.0148. The quantitative estimate of drug-likeness (QED) is 0.389. The van der Waals surface area contributed by atoms with E-state index in [2.05, 4.69) is 23.7 Å². The highest BCUT2D eigenvalue weighted by atomic mass is 127. The number of halogens is 1. The van der Waals surface area contributed by atoms with Gasteiger partial charge in [0.15, 0.2) is 5.96 Å². The number of piperazine rings is 1. The van der Waals surface area contributed by atoms with Gasteiger partial charge in [-0.15, -0.1) is 24.0 Å². The molecule has 2 N–H and O–H groups in total. The van der Waals surface area contributed by atoms with Gasteiger partial charge in [0.25, 0.3) is 0 Å². The van der Waals surface area contributed by atoms with Gasteiger partial charge in [0.05, 0.1) is 6.54 Å². The lowest BCUT2D eigenvalue weighted by atomic mass is 10.2. The van der Waals surface area contributed by atoms with Crippen LogP contribution in [0.15, 0.2) is 4.99 Å². The van der Waals surface area contributed by atoms with E-state index < -0.39 is 5.60 Å². The number of hydrogen-bond acceptors (Lipinski definition) is 4. The van der Waals surface area contributed by atoms with Crippen molar-refractivity contribution in [2.45, 2.75) is 40.2 Å². The minimum atomic E-state index is -0.440. The van der Waals surface area contributed by atoms with Crippen molar-refractivity contribution in [2.24, 2.45) is 10.7 Å². The van der Waals surface area contributed by atoms with Crippen LogP contribution in [-0.4, -0.2) is 84.7 Å². The van der Waals surface area contributed by atoms with Crippen molar-refractivity contribution in [1.29, 1.82) is 0 Å². The van der Waals surface area contributed by atoms with Crippen molar-refractivity contribution >= 4 is 36.0 Å². The van der Waals surface area contributed by atoms with E-state index in [0.29, 0.717) is 25.6 Å².